The molecule has 6 nitrogen and oxygen atoms in total. The van der Waals surface area contributed by atoms with Crippen molar-refractivity contribution in [2.24, 2.45) is 0 Å². The summed E-state index contributed by atoms with van der Waals surface area (Å²) in [5.74, 6) is 0.202. The fourth-order valence-corrected chi connectivity index (χ4v) is 3.75. The van der Waals surface area contributed by atoms with Crippen molar-refractivity contribution in [1.82, 2.24) is 5.32 Å². The number of nitrogens with one attached hydrogen (secondary N) is 2. The number of esters is 1. The lowest BCUT2D eigenvalue weighted by molar-refractivity contribution is -0.119. The van der Waals surface area contributed by atoms with Crippen molar-refractivity contribution in [2.45, 2.75) is 51.0 Å². The number of anilines is 1. The predicted octanol–water partition coefficient (Wildman–Crippen LogP) is 5.50. The van der Waals surface area contributed by atoms with E-state index in [9.17, 15) is 9.59 Å². The summed E-state index contributed by atoms with van der Waals surface area (Å²) in [7, 11) is 0. The van der Waals surface area contributed by atoms with E-state index >= 15 is 0 Å². The minimum Gasteiger partial charge on any atom is -0.494 e. The number of hydrogen-bond donors (Lipinski definition) is 2. The van der Waals surface area contributed by atoms with Crippen molar-refractivity contribution in [1.29, 1.82) is 0 Å². The molecule has 32 heavy (non-hydrogen) atoms. The Balaban J connectivity index is 1.35. The Labute approximate surface area is 198 Å². The number of amides is 1. The smallest absolute Gasteiger partial charge is 0.338 e. The van der Waals surface area contributed by atoms with Crippen LogP contribution in [0.4, 0.5) is 5.69 Å². The van der Waals surface area contributed by atoms with Crippen LogP contribution in [-0.4, -0.2) is 29.7 Å². The molecule has 8 heteroatoms. The summed E-state index contributed by atoms with van der Waals surface area (Å²) in [5, 5.41) is 6.43. The van der Waals surface area contributed by atoms with Crippen LogP contribution in [0.25, 0.3) is 0 Å². The molecule has 170 valence electrons. The molecule has 0 radical (unpaired) electrons. The van der Waals surface area contributed by atoms with E-state index in [1.165, 1.54) is 6.42 Å². The van der Waals surface area contributed by atoms with Gasteiger partial charge in [-0.25, -0.2) is 4.79 Å². The summed E-state index contributed by atoms with van der Waals surface area (Å²) >= 11 is 11.0. The maximum absolute atomic E-state index is 12.3. The van der Waals surface area contributed by atoms with E-state index in [-0.39, 0.29) is 29.5 Å². The summed E-state index contributed by atoms with van der Waals surface area (Å²) in [6.45, 7) is 0.410. The molecule has 1 aliphatic carbocycles. The molecule has 2 N–H and O–H groups in total. The Morgan fingerprint density at radius 1 is 1.00 bits per heavy atom. The highest BCUT2D eigenvalue weighted by Crippen LogP contribution is 2.22. The van der Waals surface area contributed by atoms with Crippen LogP contribution in [0.1, 0.15) is 55.3 Å². The standard InChI is InChI=1S/C24H27ClN2O4S/c25-18-10-14-20(15-11-18)30-16-4-7-22(28)27-24(32)26-19-12-8-17(9-13-19)23(29)31-21-5-2-1-3-6-21/h8-15,21H,1-7,16H2,(H2,26,27,28,32). The first kappa shape index (κ1) is 24.0. The Morgan fingerprint density at radius 3 is 2.38 bits per heavy atom. The maximum Gasteiger partial charge on any atom is 0.338 e. The topological polar surface area (TPSA) is 76.7 Å². The number of carbonyl (C=O) groups is 2. The normalized spacial score (nSPS) is 13.8. The Bertz CT molecular complexity index is 913. The van der Waals surface area contributed by atoms with Crippen LogP contribution < -0.4 is 15.4 Å². The van der Waals surface area contributed by atoms with Crippen LogP contribution in [0.3, 0.4) is 0 Å². The van der Waals surface area contributed by atoms with E-state index in [0.29, 0.717) is 35.1 Å². The zero-order valence-corrected chi connectivity index (χ0v) is 19.3. The maximum atomic E-state index is 12.3. The number of halogens is 1. The summed E-state index contributed by atoms with van der Waals surface area (Å²) in [5.41, 5.74) is 1.17. The van der Waals surface area contributed by atoms with E-state index in [1.54, 1.807) is 48.5 Å². The van der Waals surface area contributed by atoms with Gasteiger partial charge in [-0.05, 0) is 92.9 Å². The van der Waals surface area contributed by atoms with E-state index in [0.717, 1.165) is 25.7 Å². The molecule has 1 saturated carbocycles. The third kappa shape index (κ3) is 8.13. The second kappa shape index (κ2) is 12.4. The number of carbonyl (C=O) groups excluding carboxylic acids is 2. The van der Waals surface area contributed by atoms with Gasteiger partial charge in [0.05, 0.1) is 12.2 Å². The molecular weight excluding hydrogens is 448 g/mol. The van der Waals surface area contributed by atoms with Gasteiger partial charge in [-0.1, -0.05) is 18.0 Å². The second-order valence-electron chi connectivity index (χ2n) is 7.65. The molecule has 0 heterocycles. The lowest BCUT2D eigenvalue weighted by atomic mass is 9.98. The van der Waals surface area contributed by atoms with Crippen molar-refractivity contribution < 1.29 is 19.1 Å². The van der Waals surface area contributed by atoms with Crippen LogP contribution in [0.15, 0.2) is 48.5 Å². The largest absolute Gasteiger partial charge is 0.494 e. The molecule has 0 atom stereocenters. The second-order valence-corrected chi connectivity index (χ2v) is 8.50. The molecule has 2 aromatic carbocycles. The van der Waals surface area contributed by atoms with E-state index in [1.807, 2.05) is 0 Å². The molecule has 1 amide bonds. The monoisotopic (exact) mass is 474 g/mol. The summed E-state index contributed by atoms with van der Waals surface area (Å²) in [6, 6.07) is 13.9. The number of ether oxygens (including phenoxy) is 2. The average molecular weight is 475 g/mol. The van der Waals surface area contributed by atoms with Crippen LogP contribution in [-0.2, 0) is 9.53 Å². The van der Waals surface area contributed by atoms with Crippen LogP contribution in [0.5, 0.6) is 5.75 Å². The van der Waals surface area contributed by atoms with E-state index < -0.39 is 0 Å². The van der Waals surface area contributed by atoms with Gasteiger partial charge in [0.25, 0.3) is 0 Å². The van der Waals surface area contributed by atoms with Gasteiger partial charge >= 0.3 is 5.97 Å². The van der Waals surface area contributed by atoms with Crippen LogP contribution in [0, 0.1) is 0 Å². The van der Waals surface area contributed by atoms with Gasteiger partial charge in [-0.2, -0.15) is 0 Å². The zero-order valence-electron chi connectivity index (χ0n) is 17.8. The summed E-state index contributed by atoms with van der Waals surface area (Å²) in [6.07, 6.45) is 6.16. The Morgan fingerprint density at radius 2 is 1.69 bits per heavy atom. The van der Waals surface area contributed by atoms with E-state index in [2.05, 4.69) is 10.6 Å². The minimum absolute atomic E-state index is 0.0217. The molecular formula is C24H27ClN2O4S. The average Bonchev–Trinajstić information content (AvgIpc) is 2.79. The van der Waals surface area contributed by atoms with Gasteiger partial charge < -0.3 is 20.1 Å². The fraction of sp³-hybridized carbons (Fsp3) is 0.375. The lowest BCUT2D eigenvalue weighted by Gasteiger charge is -2.21. The Hall–Kier alpha value is -2.64. The van der Waals surface area contributed by atoms with Gasteiger partial charge in [0.15, 0.2) is 5.11 Å². The third-order valence-electron chi connectivity index (χ3n) is 5.09. The lowest BCUT2D eigenvalue weighted by Crippen LogP contribution is -2.34. The molecule has 0 spiro atoms. The molecule has 3 rings (SSSR count). The first-order valence-corrected chi connectivity index (χ1v) is 11.6. The fourth-order valence-electron chi connectivity index (χ4n) is 3.40. The van der Waals surface area contributed by atoms with Crippen molar-refractivity contribution in [3.63, 3.8) is 0 Å². The minimum atomic E-state index is -0.305. The van der Waals surface area contributed by atoms with E-state index in [4.69, 9.17) is 33.3 Å². The third-order valence-corrected chi connectivity index (χ3v) is 5.54. The number of thiocarbonyl (C=S) groups is 1. The quantitative estimate of drug-likeness (QED) is 0.299. The number of hydrogen-bond acceptors (Lipinski definition) is 5. The zero-order chi connectivity index (χ0) is 22.8. The van der Waals surface area contributed by atoms with Gasteiger partial charge in [0.1, 0.15) is 11.9 Å². The van der Waals surface area contributed by atoms with Gasteiger partial charge in [0.2, 0.25) is 5.91 Å². The SMILES string of the molecule is O=C(CCCOc1ccc(Cl)cc1)NC(=S)Nc1ccc(C(=O)OC2CCCCC2)cc1. The van der Waals surface area contributed by atoms with Crippen molar-refractivity contribution in [3.05, 3.63) is 59.1 Å². The highest BCUT2D eigenvalue weighted by atomic mass is 35.5. The molecule has 0 saturated heterocycles. The molecule has 0 aliphatic heterocycles. The van der Waals surface area contributed by atoms with Gasteiger partial charge in [-0.3, -0.25) is 4.79 Å². The summed E-state index contributed by atoms with van der Waals surface area (Å²) < 4.78 is 11.1. The highest BCUT2D eigenvalue weighted by Gasteiger charge is 2.18. The van der Waals surface area contributed by atoms with Crippen molar-refractivity contribution in [3.8, 4) is 5.75 Å². The van der Waals surface area contributed by atoms with Crippen molar-refractivity contribution >= 4 is 46.5 Å². The number of rotatable bonds is 8. The molecule has 2 aromatic rings. The molecule has 1 aliphatic rings. The molecule has 0 unspecified atom stereocenters. The Kier molecular flexibility index (Phi) is 9.31. The predicted molar refractivity (Wildman–Crippen MR) is 129 cm³/mol. The first-order valence-electron chi connectivity index (χ1n) is 10.8. The van der Waals surface area contributed by atoms with Gasteiger partial charge in [-0.15, -0.1) is 0 Å². The molecule has 0 bridgehead atoms. The molecule has 0 aromatic heterocycles. The van der Waals surface area contributed by atoms with Crippen LogP contribution >= 0.6 is 23.8 Å². The summed E-state index contributed by atoms with van der Waals surface area (Å²) in [4.78, 5) is 24.3. The molecule has 1 fully saturated rings. The van der Waals surface area contributed by atoms with Gasteiger partial charge in [0, 0.05) is 17.1 Å². The number of benzene rings is 2. The van der Waals surface area contributed by atoms with Crippen LogP contribution in [0.2, 0.25) is 5.02 Å². The first-order chi connectivity index (χ1) is 15.5. The highest BCUT2D eigenvalue weighted by molar-refractivity contribution is 7.80. The van der Waals surface area contributed by atoms with Crippen molar-refractivity contribution in [2.75, 3.05) is 11.9 Å².